The Morgan fingerprint density at radius 3 is 1.33 bits per heavy atom. The first-order valence-electron chi connectivity index (χ1n) is 18.7. The Bertz CT molecular complexity index is 2470. The fourth-order valence-corrected chi connectivity index (χ4v) is 7.73. The minimum atomic E-state index is 0.0496. The maximum Gasteiger partial charge on any atom is 0.238 e. The summed E-state index contributed by atoms with van der Waals surface area (Å²) in [6.07, 6.45) is 0. The molecule has 2 aromatic heterocycles. The normalized spacial score (nSPS) is 11.9. The van der Waals surface area contributed by atoms with Crippen molar-refractivity contribution in [3.8, 4) is 40.0 Å². The molecule has 0 bridgehead atoms. The highest BCUT2D eigenvalue weighted by atomic mass is 79.9. The summed E-state index contributed by atoms with van der Waals surface area (Å²) < 4.78 is 3.13. The second kappa shape index (κ2) is 14.4. The Morgan fingerprint density at radius 2 is 0.891 bits per heavy atom. The Labute approximate surface area is 332 Å². The molecule has 272 valence electrons. The summed E-state index contributed by atoms with van der Waals surface area (Å²) in [7, 11) is 0. The Balaban J connectivity index is 1.36. The average Bonchev–Trinajstić information content (AvgIpc) is 3.50. The second-order valence-corrected chi connectivity index (χ2v) is 16.8. The zero-order valence-electron chi connectivity index (χ0n) is 32.1. The van der Waals surface area contributed by atoms with E-state index in [2.05, 4.69) is 158 Å². The van der Waals surface area contributed by atoms with Gasteiger partial charge in [-0.3, -0.25) is 4.57 Å². The number of benzene rings is 6. The van der Waals surface area contributed by atoms with Crippen molar-refractivity contribution in [2.75, 3.05) is 4.90 Å². The molecule has 8 rings (SSSR count). The van der Waals surface area contributed by atoms with Crippen molar-refractivity contribution in [2.24, 2.45) is 0 Å². The average molecular weight is 783 g/mol. The van der Waals surface area contributed by atoms with Gasteiger partial charge in [-0.15, -0.1) is 0 Å². The Kier molecular flexibility index (Phi) is 9.48. The summed E-state index contributed by atoms with van der Waals surface area (Å²) in [4.78, 5) is 17.7. The maximum atomic E-state index is 5.17. The van der Waals surface area contributed by atoms with E-state index in [-0.39, 0.29) is 10.8 Å². The molecule has 0 saturated heterocycles. The Hall–Kier alpha value is -5.85. The molecule has 0 spiro atoms. The van der Waals surface area contributed by atoms with E-state index in [4.69, 9.17) is 15.0 Å². The largest absolute Gasteiger partial charge is 0.310 e. The molecule has 0 N–H and O–H groups in total. The zero-order valence-corrected chi connectivity index (χ0v) is 33.7. The molecule has 0 aliphatic heterocycles. The lowest BCUT2D eigenvalue weighted by atomic mass is 9.86. The minimum absolute atomic E-state index is 0.0496. The van der Waals surface area contributed by atoms with E-state index in [1.54, 1.807) is 0 Å². The maximum absolute atomic E-state index is 5.17. The van der Waals surface area contributed by atoms with Crippen molar-refractivity contribution in [3.63, 3.8) is 0 Å². The molecule has 0 aliphatic carbocycles. The van der Waals surface area contributed by atoms with E-state index in [0.29, 0.717) is 17.6 Å². The number of anilines is 3. The number of aromatic nitrogens is 4. The van der Waals surface area contributed by atoms with Crippen molar-refractivity contribution in [1.29, 1.82) is 0 Å². The molecule has 0 radical (unpaired) electrons. The monoisotopic (exact) mass is 781 g/mol. The van der Waals surface area contributed by atoms with Crippen molar-refractivity contribution in [2.45, 2.75) is 52.4 Å². The van der Waals surface area contributed by atoms with Crippen LogP contribution in [0.5, 0.6) is 0 Å². The molecule has 2 heterocycles. The lowest BCUT2D eigenvalue weighted by Gasteiger charge is -2.28. The molecule has 55 heavy (non-hydrogen) atoms. The van der Waals surface area contributed by atoms with Crippen LogP contribution in [0.3, 0.4) is 0 Å². The van der Waals surface area contributed by atoms with Crippen molar-refractivity contribution in [3.05, 3.63) is 173 Å². The van der Waals surface area contributed by atoms with E-state index in [1.807, 2.05) is 66.7 Å². The van der Waals surface area contributed by atoms with Gasteiger partial charge in [0.1, 0.15) is 0 Å². The van der Waals surface area contributed by atoms with Gasteiger partial charge in [0.15, 0.2) is 11.6 Å². The van der Waals surface area contributed by atoms with Gasteiger partial charge in [-0.2, -0.15) is 9.97 Å². The summed E-state index contributed by atoms with van der Waals surface area (Å²) in [5, 5.41) is 1.04. The first kappa shape index (κ1) is 36.1. The molecule has 8 aromatic rings. The molecule has 0 fully saturated rings. The van der Waals surface area contributed by atoms with E-state index in [0.717, 1.165) is 54.8 Å². The predicted octanol–water partition coefficient (Wildman–Crippen LogP) is 13.6. The smallest absolute Gasteiger partial charge is 0.238 e. The van der Waals surface area contributed by atoms with E-state index in [9.17, 15) is 0 Å². The molecule has 0 aliphatic rings. The number of nitrogens with zero attached hydrogens (tertiary/aromatic N) is 5. The van der Waals surface area contributed by atoms with Crippen LogP contribution in [0, 0.1) is 0 Å². The third kappa shape index (κ3) is 7.22. The number of halogens is 1. The first-order chi connectivity index (χ1) is 26.5. The summed E-state index contributed by atoms with van der Waals surface area (Å²) in [6.45, 7) is 13.5. The van der Waals surface area contributed by atoms with E-state index < -0.39 is 0 Å². The van der Waals surface area contributed by atoms with Crippen LogP contribution in [0.4, 0.5) is 17.1 Å². The highest BCUT2D eigenvalue weighted by molar-refractivity contribution is 9.10. The van der Waals surface area contributed by atoms with E-state index >= 15 is 0 Å². The summed E-state index contributed by atoms with van der Waals surface area (Å²) >= 11 is 4.11. The van der Waals surface area contributed by atoms with E-state index in [1.165, 1.54) is 11.1 Å². The van der Waals surface area contributed by atoms with Crippen LogP contribution >= 0.6 is 15.9 Å². The van der Waals surface area contributed by atoms with Gasteiger partial charge < -0.3 is 4.90 Å². The lowest BCUT2D eigenvalue weighted by Crippen LogP contribution is -2.14. The van der Waals surface area contributed by atoms with Crippen LogP contribution in [0.15, 0.2) is 162 Å². The molecule has 6 aromatic carbocycles. The first-order valence-corrected chi connectivity index (χ1v) is 19.5. The third-order valence-electron chi connectivity index (χ3n) is 10.1. The molecule has 0 unspecified atom stereocenters. The number of rotatable bonds is 7. The summed E-state index contributed by atoms with van der Waals surface area (Å²) in [5.74, 6) is 1.77. The second-order valence-electron chi connectivity index (χ2n) is 16.0. The molecule has 0 atom stereocenters. The molecular weight excluding hydrogens is 738 g/mol. The van der Waals surface area contributed by atoms with Crippen LogP contribution < -0.4 is 4.90 Å². The fourth-order valence-electron chi connectivity index (χ4n) is 7.01. The van der Waals surface area contributed by atoms with Gasteiger partial charge in [0.2, 0.25) is 5.95 Å². The van der Waals surface area contributed by atoms with Gasteiger partial charge in [0.05, 0.1) is 15.7 Å². The highest BCUT2D eigenvalue weighted by Crippen LogP contribution is 2.44. The topological polar surface area (TPSA) is 46.8 Å². The van der Waals surface area contributed by atoms with Crippen LogP contribution in [0.1, 0.15) is 52.7 Å². The third-order valence-corrected chi connectivity index (χ3v) is 10.9. The fraction of sp³-hybridized carbons (Fsp3) is 0.163. The van der Waals surface area contributed by atoms with Gasteiger partial charge in [-0.25, -0.2) is 4.98 Å². The van der Waals surface area contributed by atoms with Gasteiger partial charge in [-0.1, -0.05) is 157 Å². The van der Waals surface area contributed by atoms with Crippen LogP contribution in [-0.4, -0.2) is 19.5 Å². The number of fused-ring (bicyclic) bond motifs is 1. The molecule has 0 amide bonds. The van der Waals surface area contributed by atoms with Gasteiger partial charge in [0, 0.05) is 33.6 Å². The van der Waals surface area contributed by atoms with Crippen LogP contribution in [0.25, 0.3) is 50.9 Å². The molecular formula is C49H44BrN5. The lowest BCUT2D eigenvalue weighted by molar-refractivity contribution is 0.590. The number of hydrogen-bond donors (Lipinski definition) is 0. The zero-order chi connectivity index (χ0) is 38.3. The SMILES string of the molecule is CC(C)(C)c1ccc(N(c2ccc(C(C)(C)C)cc2)c2ccc3c(c2)c(Br)c(-c2ccccc2)n3-c2nc(-c3ccccc3)nc(-c3ccccc3)n2)cc1. The molecule has 6 heteroatoms. The predicted molar refractivity (Wildman–Crippen MR) is 233 cm³/mol. The van der Waals surface area contributed by atoms with Crippen molar-refractivity contribution in [1.82, 2.24) is 19.5 Å². The minimum Gasteiger partial charge on any atom is -0.310 e. The molecule has 0 saturated carbocycles. The number of hydrogen-bond acceptors (Lipinski definition) is 4. The van der Waals surface area contributed by atoms with Gasteiger partial charge >= 0.3 is 0 Å². The van der Waals surface area contributed by atoms with Gasteiger partial charge in [-0.05, 0) is 85.9 Å². The standard InChI is InChI=1S/C49H44BrN5/c1-48(2,3)36-22-26-38(27-23-36)54(39-28-24-37(25-29-39)49(4,5)6)40-30-31-42-41(32-40)43(50)44(33-16-10-7-11-17-33)55(42)47-52-45(34-18-12-8-13-19-34)51-46(53-47)35-20-14-9-15-21-35/h7-32H,1-6H3. The summed E-state index contributed by atoms with van der Waals surface area (Å²) in [5.41, 5.74) is 10.7. The molecule has 5 nitrogen and oxygen atoms in total. The van der Waals surface area contributed by atoms with Gasteiger partial charge in [0.25, 0.3) is 0 Å². The Morgan fingerprint density at radius 1 is 0.473 bits per heavy atom. The summed E-state index contributed by atoms with van der Waals surface area (Å²) in [6, 6.07) is 55.3. The highest BCUT2D eigenvalue weighted by Gasteiger charge is 2.24. The van der Waals surface area contributed by atoms with Crippen molar-refractivity contribution >= 4 is 43.9 Å². The van der Waals surface area contributed by atoms with Crippen LogP contribution in [0.2, 0.25) is 0 Å². The quantitative estimate of drug-likeness (QED) is 0.162. The van der Waals surface area contributed by atoms with Crippen molar-refractivity contribution < 1.29 is 0 Å². The van der Waals surface area contributed by atoms with Crippen LogP contribution in [-0.2, 0) is 10.8 Å².